The zero-order valence-corrected chi connectivity index (χ0v) is 12.4. The number of piperidine rings is 1. The molecule has 19 heavy (non-hydrogen) atoms. The third kappa shape index (κ3) is 3.48. The second-order valence-electron chi connectivity index (χ2n) is 5.23. The van der Waals surface area contributed by atoms with Gasteiger partial charge in [0.25, 0.3) is 0 Å². The fraction of sp³-hybridized carbons (Fsp3) is 0.571. The van der Waals surface area contributed by atoms with Gasteiger partial charge in [0.15, 0.2) is 9.84 Å². The fourth-order valence-electron chi connectivity index (χ4n) is 2.70. The van der Waals surface area contributed by atoms with E-state index in [1.165, 1.54) is 6.26 Å². The van der Waals surface area contributed by atoms with Gasteiger partial charge in [-0.2, -0.15) is 0 Å². The third-order valence-corrected chi connectivity index (χ3v) is 4.86. The summed E-state index contributed by atoms with van der Waals surface area (Å²) in [4.78, 5) is 2.64. The number of hydrogen-bond acceptors (Lipinski definition) is 4. The van der Waals surface area contributed by atoms with E-state index in [0.29, 0.717) is 10.8 Å². The molecule has 0 saturated carbocycles. The van der Waals surface area contributed by atoms with Crippen LogP contribution in [-0.2, 0) is 9.84 Å². The van der Waals surface area contributed by atoms with Gasteiger partial charge in [0.1, 0.15) is 0 Å². The van der Waals surface area contributed by atoms with E-state index in [-0.39, 0.29) is 0 Å². The number of nitrogens with one attached hydrogen (secondary N) is 1. The quantitative estimate of drug-likeness (QED) is 0.910. The fourth-order valence-corrected chi connectivity index (χ4v) is 3.60. The highest BCUT2D eigenvalue weighted by Crippen LogP contribution is 2.28. The van der Waals surface area contributed by atoms with Crippen molar-refractivity contribution in [2.24, 2.45) is 5.92 Å². The summed E-state index contributed by atoms with van der Waals surface area (Å²) in [7, 11) is -1.18. The maximum atomic E-state index is 11.8. The molecule has 4 nitrogen and oxygen atoms in total. The van der Waals surface area contributed by atoms with E-state index >= 15 is 0 Å². The lowest BCUT2D eigenvalue weighted by molar-refractivity contribution is 0.393. The van der Waals surface area contributed by atoms with Crippen molar-refractivity contribution < 1.29 is 8.42 Å². The van der Waals surface area contributed by atoms with Crippen LogP contribution in [0.4, 0.5) is 5.69 Å². The highest BCUT2D eigenvalue weighted by Gasteiger charge is 2.22. The van der Waals surface area contributed by atoms with Gasteiger partial charge in [0, 0.05) is 19.3 Å². The maximum Gasteiger partial charge on any atom is 0.177 e. The smallest absolute Gasteiger partial charge is 0.177 e. The minimum absolute atomic E-state index is 0.446. The lowest BCUT2D eigenvalue weighted by Gasteiger charge is -2.34. The van der Waals surface area contributed by atoms with E-state index in [9.17, 15) is 8.42 Å². The molecular formula is C14H22N2O2S. The molecule has 1 aromatic rings. The average molecular weight is 282 g/mol. The molecule has 1 heterocycles. The van der Waals surface area contributed by atoms with E-state index in [1.807, 2.05) is 19.2 Å². The van der Waals surface area contributed by atoms with E-state index < -0.39 is 9.84 Å². The molecule has 0 unspecified atom stereocenters. The summed E-state index contributed by atoms with van der Waals surface area (Å²) in [5.74, 6) is 0.701. The second-order valence-corrected chi connectivity index (χ2v) is 7.21. The van der Waals surface area contributed by atoms with Crippen LogP contribution in [0.25, 0.3) is 0 Å². The van der Waals surface area contributed by atoms with Crippen LogP contribution >= 0.6 is 0 Å². The number of anilines is 1. The summed E-state index contributed by atoms with van der Waals surface area (Å²) < 4.78 is 23.7. The molecule has 1 aromatic carbocycles. The van der Waals surface area contributed by atoms with Gasteiger partial charge in [-0.25, -0.2) is 8.42 Å². The predicted molar refractivity (Wildman–Crippen MR) is 78.4 cm³/mol. The summed E-state index contributed by atoms with van der Waals surface area (Å²) in [5.41, 5.74) is 0.855. The first-order chi connectivity index (χ1) is 9.02. The van der Waals surface area contributed by atoms with Crippen molar-refractivity contribution in [3.8, 4) is 0 Å². The highest BCUT2D eigenvalue weighted by molar-refractivity contribution is 7.90. The number of nitrogens with zero attached hydrogens (tertiary/aromatic N) is 1. The van der Waals surface area contributed by atoms with Gasteiger partial charge in [-0.3, -0.25) is 0 Å². The largest absolute Gasteiger partial charge is 0.370 e. The number of sulfone groups is 1. The van der Waals surface area contributed by atoms with Crippen LogP contribution in [0.15, 0.2) is 29.2 Å². The molecule has 1 aliphatic heterocycles. The number of rotatable bonds is 4. The molecule has 1 saturated heterocycles. The Balaban J connectivity index is 2.16. The first-order valence-electron chi connectivity index (χ1n) is 6.71. The molecule has 0 bridgehead atoms. The lowest BCUT2D eigenvalue weighted by atomic mass is 9.96. The Bertz CT molecular complexity index is 520. The Morgan fingerprint density at radius 1 is 1.26 bits per heavy atom. The summed E-state index contributed by atoms with van der Waals surface area (Å²) in [6, 6.07) is 7.30. The monoisotopic (exact) mass is 282 g/mol. The standard InChI is InChI=1S/C14H22N2O2S/c1-15-11-12-7-9-16(10-8-12)13-5-3-4-6-14(13)19(2,17)18/h3-6,12,15H,7-11H2,1-2H3. The molecule has 5 heteroatoms. The molecule has 0 atom stereocenters. The van der Waals surface area contributed by atoms with E-state index in [1.54, 1.807) is 12.1 Å². The Labute approximate surface area is 115 Å². The van der Waals surface area contributed by atoms with Crippen molar-refractivity contribution in [1.82, 2.24) is 5.32 Å². The van der Waals surface area contributed by atoms with Gasteiger partial charge in [-0.15, -0.1) is 0 Å². The van der Waals surface area contributed by atoms with Gasteiger partial charge in [0.05, 0.1) is 10.6 Å². The van der Waals surface area contributed by atoms with Crippen LogP contribution in [0.5, 0.6) is 0 Å². The van der Waals surface area contributed by atoms with Crippen molar-refractivity contribution in [3.63, 3.8) is 0 Å². The summed E-state index contributed by atoms with van der Waals surface area (Å²) in [6.45, 7) is 2.90. The lowest BCUT2D eigenvalue weighted by Crippen LogP contribution is -2.37. The van der Waals surface area contributed by atoms with Gasteiger partial charge in [-0.05, 0) is 44.5 Å². The highest BCUT2D eigenvalue weighted by atomic mass is 32.2. The van der Waals surface area contributed by atoms with Gasteiger partial charge < -0.3 is 10.2 Å². The van der Waals surface area contributed by atoms with Crippen LogP contribution < -0.4 is 10.2 Å². The molecule has 1 N–H and O–H groups in total. The molecule has 0 amide bonds. The Morgan fingerprint density at radius 3 is 2.47 bits per heavy atom. The SMILES string of the molecule is CNCC1CCN(c2ccccc2S(C)(=O)=O)CC1. The van der Waals surface area contributed by atoms with Crippen molar-refractivity contribution in [2.45, 2.75) is 17.7 Å². The molecule has 2 rings (SSSR count). The molecular weight excluding hydrogens is 260 g/mol. The van der Waals surface area contributed by atoms with Crippen LogP contribution in [0, 0.1) is 5.92 Å². The van der Waals surface area contributed by atoms with Crippen molar-refractivity contribution in [2.75, 3.05) is 37.8 Å². The summed E-state index contributed by atoms with van der Waals surface area (Å²) in [5, 5.41) is 3.21. The summed E-state index contributed by atoms with van der Waals surface area (Å²) in [6.07, 6.45) is 3.50. The zero-order chi connectivity index (χ0) is 13.9. The molecule has 1 fully saturated rings. The van der Waals surface area contributed by atoms with E-state index in [4.69, 9.17) is 0 Å². The van der Waals surface area contributed by atoms with Crippen molar-refractivity contribution >= 4 is 15.5 Å². The Hall–Kier alpha value is -1.07. The molecule has 0 radical (unpaired) electrons. The second kappa shape index (κ2) is 5.92. The maximum absolute atomic E-state index is 11.8. The molecule has 0 aromatic heterocycles. The van der Waals surface area contributed by atoms with E-state index in [0.717, 1.165) is 38.2 Å². The molecule has 0 spiro atoms. The van der Waals surface area contributed by atoms with E-state index in [2.05, 4.69) is 10.2 Å². The Morgan fingerprint density at radius 2 is 1.89 bits per heavy atom. The summed E-state index contributed by atoms with van der Waals surface area (Å²) >= 11 is 0. The van der Waals surface area contributed by atoms with Crippen LogP contribution in [0.1, 0.15) is 12.8 Å². The van der Waals surface area contributed by atoms with Crippen LogP contribution in [0.3, 0.4) is 0 Å². The average Bonchev–Trinajstić information content (AvgIpc) is 2.39. The first kappa shape index (κ1) is 14.3. The van der Waals surface area contributed by atoms with Gasteiger partial charge >= 0.3 is 0 Å². The topological polar surface area (TPSA) is 49.4 Å². The zero-order valence-electron chi connectivity index (χ0n) is 11.6. The predicted octanol–water partition coefficient (Wildman–Crippen LogP) is 1.53. The van der Waals surface area contributed by atoms with Crippen molar-refractivity contribution in [1.29, 1.82) is 0 Å². The normalized spacial score (nSPS) is 17.7. The first-order valence-corrected chi connectivity index (χ1v) is 8.60. The molecule has 1 aliphatic rings. The van der Waals surface area contributed by atoms with Gasteiger partial charge in [-0.1, -0.05) is 12.1 Å². The number of hydrogen-bond donors (Lipinski definition) is 1. The molecule has 0 aliphatic carbocycles. The minimum atomic E-state index is -3.16. The number of para-hydroxylation sites is 1. The molecule has 106 valence electrons. The third-order valence-electron chi connectivity index (χ3n) is 3.71. The van der Waals surface area contributed by atoms with Gasteiger partial charge in [0.2, 0.25) is 0 Å². The van der Waals surface area contributed by atoms with Crippen molar-refractivity contribution in [3.05, 3.63) is 24.3 Å². The van der Waals surface area contributed by atoms with Crippen LogP contribution in [-0.4, -0.2) is 41.4 Å². The number of benzene rings is 1. The Kier molecular flexibility index (Phi) is 4.47. The minimum Gasteiger partial charge on any atom is -0.370 e. The van der Waals surface area contributed by atoms with Crippen LogP contribution in [0.2, 0.25) is 0 Å².